The maximum atomic E-state index is 12.2. The Kier molecular flexibility index (Phi) is 7.34. The normalized spacial score (nSPS) is 10.2. The largest absolute Gasteiger partial charge is 0.454 e. The third kappa shape index (κ3) is 6.28. The van der Waals surface area contributed by atoms with E-state index < -0.39 is 24.4 Å². The fourth-order valence-corrected chi connectivity index (χ4v) is 2.89. The number of nitrogens with one attached hydrogen (secondary N) is 2. The minimum Gasteiger partial charge on any atom is -0.454 e. The summed E-state index contributed by atoms with van der Waals surface area (Å²) in [6.07, 6.45) is 0. The van der Waals surface area contributed by atoms with Crippen LogP contribution in [0.3, 0.4) is 0 Å². The maximum absolute atomic E-state index is 12.2. The van der Waals surface area contributed by atoms with Crippen molar-refractivity contribution in [2.24, 2.45) is 0 Å². The number of carbonyl (C=O) groups excluding carboxylic acids is 3. The van der Waals surface area contributed by atoms with Gasteiger partial charge in [0.05, 0.1) is 0 Å². The number of rotatable bonds is 7. The second kappa shape index (κ2) is 10.4. The lowest BCUT2D eigenvalue weighted by Crippen LogP contribution is -2.32. The molecule has 3 aromatic carbocycles. The number of anilines is 1. The van der Waals surface area contributed by atoms with E-state index in [1.807, 2.05) is 42.5 Å². The Bertz CT molecular complexity index is 1020. The summed E-state index contributed by atoms with van der Waals surface area (Å²) in [5.74, 6) is -1.56. The zero-order chi connectivity index (χ0) is 21.3. The smallest absolute Gasteiger partial charge is 0.325 e. The Morgan fingerprint density at radius 2 is 1.43 bits per heavy atom. The van der Waals surface area contributed by atoms with Crippen molar-refractivity contribution in [1.82, 2.24) is 5.32 Å². The Balaban J connectivity index is 1.42. The molecule has 0 aliphatic carbocycles. The number of halogens is 1. The van der Waals surface area contributed by atoms with Crippen LogP contribution in [0.15, 0.2) is 83.3 Å². The number of hydrogen-bond donors (Lipinski definition) is 2. The van der Waals surface area contributed by atoms with Crippen molar-refractivity contribution in [2.45, 2.75) is 0 Å². The van der Waals surface area contributed by atoms with Crippen LogP contribution in [-0.4, -0.2) is 30.9 Å². The van der Waals surface area contributed by atoms with Gasteiger partial charge in [0, 0.05) is 15.7 Å². The van der Waals surface area contributed by atoms with Crippen LogP contribution in [-0.2, 0) is 14.3 Å². The summed E-state index contributed by atoms with van der Waals surface area (Å²) in [5.41, 5.74) is 3.06. The topological polar surface area (TPSA) is 84.5 Å². The Labute approximate surface area is 182 Å². The third-order valence-electron chi connectivity index (χ3n) is 4.14. The zero-order valence-corrected chi connectivity index (χ0v) is 17.5. The first-order valence-corrected chi connectivity index (χ1v) is 9.95. The molecule has 0 heterocycles. The Morgan fingerprint density at radius 3 is 2.10 bits per heavy atom. The molecule has 6 nitrogen and oxygen atoms in total. The number of benzene rings is 3. The number of amides is 2. The maximum Gasteiger partial charge on any atom is 0.325 e. The van der Waals surface area contributed by atoms with Crippen molar-refractivity contribution in [3.05, 3.63) is 88.9 Å². The minimum atomic E-state index is -0.699. The molecule has 152 valence electrons. The molecule has 0 atom stereocenters. The van der Waals surface area contributed by atoms with E-state index in [0.717, 1.165) is 15.6 Å². The van der Waals surface area contributed by atoms with E-state index in [0.29, 0.717) is 11.3 Å². The van der Waals surface area contributed by atoms with Gasteiger partial charge in [0.1, 0.15) is 6.54 Å². The molecule has 0 aliphatic rings. The molecule has 3 aromatic rings. The lowest BCUT2D eigenvalue weighted by Gasteiger charge is -2.08. The van der Waals surface area contributed by atoms with E-state index >= 15 is 0 Å². The van der Waals surface area contributed by atoms with E-state index in [4.69, 9.17) is 4.74 Å². The van der Waals surface area contributed by atoms with Crippen molar-refractivity contribution < 1.29 is 19.1 Å². The van der Waals surface area contributed by atoms with Gasteiger partial charge in [-0.15, -0.1) is 0 Å². The van der Waals surface area contributed by atoms with Crippen molar-refractivity contribution >= 4 is 39.4 Å². The van der Waals surface area contributed by atoms with Crippen molar-refractivity contribution in [3.63, 3.8) is 0 Å². The van der Waals surface area contributed by atoms with Gasteiger partial charge in [0.25, 0.3) is 11.8 Å². The molecule has 3 rings (SSSR count). The molecule has 2 amide bonds. The molecule has 30 heavy (non-hydrogen) atoms. The quantitative estimate of drug-likeness (QED) is 0.514. The molecule has 0 aromatic heterocycles. The van der Waals surface area contributed by atoms with Crippen LogP contribution in [0.4, 0.5) is 5.69 Å². The highest BCUT2D eigenvalue weighted by Crippen LogP contribution is 2.19. The lowest BCUT2D eigenvalue weighted by molar-refractivity contribution is -0.146. The monoisotopic (exact) mass is 466 g/mol. The van der Waals surface area contributed by atoms with E-state index in [-0.39, 0.29) is 6.54 Å². The fourth-order valence-electron chi connectivity index (χ4n) is 2.63. The molecular formula is C23H19BrN2O4. The van der Waals surface area contributed by atoms with Gasteiger partial charge in [-0.3, -0.25) is 14.4 Å². The summed E-state index contributed by atoms with van der Waals surface area (Å²) >= 11 is 3.30. The predicted molar refractivity (Wildman–Crippen MR) is 118 cm³/mol. The van der Waals surface area contributed by atoms with Crippen LogP contribution in [0.2, 0.25) is 0 Å². The highest BCUT2D eigenvalue weighted by molar-refractivity contribution is 9.10. The molecule has 0 saturated heterocycles. The first-order chi connectivity index (χ1) is 14.5. The van der Waals surface area contributed by atoms with E-state index in [2.05, 4.69) is 26.6 Å². The molecule has 0 bridgehead atoms. The van der Waals surface area contributed by atoms with Gasteiger partial charge in [-0.05, 0) is 47.5 Å². The van der Waals surface area contributed by atoms with Crippen LogP contribution < -0.4 is 10.6 Å². The van der Waals surface area contributed by atoms with Crippen LogP contribution in [0, 0.1) is 0 Å². The van der Waals surface area contributed by atoms with E-state index in [1.54, 1.807) is 36.4 Å². The Hall–Kier alpha value is -3.45. The molecule has 0 spiro atoms. The number of hydrogen-bond acceptors (Lipinski definition) is 4. The lowest BCUT2D eigenvalue weighted by atomic mass is 10.0. The third-order valence-corrected chi connectivity index (χ3v) is 4.67. The first-order valence-electron chi connectivity index (χ1n) is 9.16. The van der Waals surface area contributed by atoms with E-state index in [9.17, 15) is 14.4 Å². The minimum absolute atomic E-state index is 0.329. The standard InChI is InChI=1S/C23H19BrN2O4/c24-19-10-12-20(13-11-19)26-21(27)15-30-22(28)14-25-23(29)18-8-6-17(7-9-18)16-4-2-1-3-5-16/h1-13H,14-15H2,(H,25,29)(H,26,27). The molecule has 0 aliphatic heterocycles. The van der Waals surface area contributed by atoms with Gasteiger partial charge in [0.15, 0.2) is 6.61 Å². The predicted octanol–water partition coefficient (Wildman–Crippen LogP) is 4.03. The van der Waals surface area contributed by atoms with Gasteiger partial charge in [-0.25, -0.2) is 0 Å². The van der Waals surface area contributed by atoms with Crippen molar-refractivity contribution in [3.8, 4) is 11.1 Å². The fraction of sp³-hybridized carbons (Fsp3) is 0.0870. The molecule has 0 radical (unpaired) electrons. The van der Waals surface area contributed by atoms with Gasteiger partial charge in [-0.2, -0.15) is 0 Å². The summed E-state index contributed by atoms with van der Waals surface area (Å²) in [4.78, 5) is 35.8. The molecule has 2 N–H and O–H groups in total. The molecule has 7 heteroatoms. The first kappa shape index (κ1) is 21.3. The van der Waals surface area contributed by atoms with Gasteiger partial charge in [-0.1, -0.05) is 58.4 Å². The second-order valence-electron chi connectivity index (χ2n) is 6.34. The van der Waals surface area contributed by atoms with Gasteiger partial charge < -0.3 is 15.4 Å². The van der Waals surface area contributed by atoms with Crippen LogP contribution >= 0.6 is 15.9 Å². The average Bonchev–Trinajstić information content (AvgIpc) is 2.78. The van der Waals surface area contributed by atoms with Crippen LogP contribution in [0.5, 0.6) is 0 Å². The number of carbonyl (C=O) groups is 3. The van der Waals surface area contributed by atoms with Crippen molar-refractivity contribution in [2.75, 3.05) is 18.5 Å². The molecule has 0 saturated carbocycles. The average molecular weight is 467 g/mol. The zero-order valence-electron chi connectivity index (χ0n) is 15.9. The summed E-state index contributed by atoms with van der Waals surface area (Å²) in [5, 5.41) is 5.10. The highest BCUT2D eigenvalue weighted by atomic mass is 79.9. The van der Waals surface area contributed by atoms with Crippen molar-refractivity contribution in [1.29, 1.82) is 0 Å². The second-order valence-corrected chi connectivity index (χ2v) is 7.26. The summed E-state index contributed by atoms with van der Waals surface area (Å²) in [7, 11) is 0. The van der Waals surface area contributed by atoms with Gasteiger partial charge >= 0.3 is 5.97 Å². The SMILES string of the molecule is O=C(COC(=O)CNC(=O)c1ccc(-c2ccccc2)cc1)Nc1ccc(Br)cc1. The summed E-state index contributed by atoms with van der Waals surface area (Å²) in [6.45, 7) is -0.763. The highest BCUT2D eigenvalue weighted by Gasteiger charge is 2.11. The number of ether oxygens (including phenoxy) is 1. The van der Waals surface area contributed by atoms with E-state index in [1.165, 1.54) is 0 Å². The van der Waals surface area contributed by atoms with Crippen LogP contribution in [0.25, 0.3) is 11.1 Å². The summed E-state index contributed by atoms with van der Waals surface area (Å²) < 4.78 is 5.77. The number of esters is 1. The Morgan fingerprint density at radius 1 is 0.800 bits per heavy atom. The molecule has 0 fully saturated rings. The van der Waals surface area contributed by atoms with Crippen LogP contribution in [0.1, 0.15) is 10.4 Å². The van der Waals surface area contributed by atoms with Gasteiger partial charge in [0.2, 0.25) is 0 Å². The molecular weight excluding hydrogens is 448 g/mol. The summed E-state index contributed by atoms with van der Waals surface area (Å²) in [6, 6.07) is 23.9. The molecule has 0 unspecified atom stereocenters.